The van der Waals surface area contributed by atoms with Crippen molar-refractivity contribution in [1.82, 2.24) is 13.5 Å². The van der Waals surface area contributed by atoms with Crippen LogP contribution in [-0.2, 0) is 16.6 Å². The first-order valence-electron chi connectivity index (χ1n) is 8.57. The molecule has 23 heavy (non-hydrogen) atoms. The van der Waals surface area contributed by atoms with E-state index in [1.54, 1.807) is 15.7 Å². The van der Waals surface area contributed by atoms with E-state index in [9.17, 15) is 8.42 Å². The van der Waals surface area contributed by atoms with Crippen LogP contribution in [-0.4, -0.2) is 61.7 Å². The Morgan fingerprint density at radius 3 is 2.57 bits per heavy atom. The predicted molar refractivity (Wildman–Crippen MR) is 92.5 cm³/mol. The number of fused-ring (bicyclic) bond motifs is 1. The summed E-state index contributed by atoms with van der Waals surface area (Å²) in [5.74, 6) is 0. The lowest BCUT2D eigenvalue weighted by Crippen LogP contribution is -2.52. The summed E-state index contributed by atoms with van der Waals surface area (Å²) >= 11 is 0. The monoisotopic (exact) mass is 337 g/mol. The minimum absolute atomic E-state index is 0.0332. The molecule has 1 saturated heterocycles. The van der Waals surface area contributed by atoms with Gasteiger partial charge in [-0.15, -0.1) is 0 Å². The third-order valence-corrected chi connectivity index (χ3v) is 7.25. The lowest BCUT2D eigenvalue weighted by atomic mass is 9.88. The number of nitrogens with zero attached hydrogens (tertiary/aromatic N) is 3. The lowest BCUT2D eigenvalue weighted by molar-refractivity contribution is 0.185. The Bertz CT molecular complexity index is 639. The second kappa shape index (κ2) is 6.89. The normalized spacial score (nSPS) is 23.9. The predicted octanol–water partition coefficient (Wildman–Crippen LogP) is 1.88. The van der Waals surface area contributed by atoms with Crippen LogP contribution in [0.1, 0.15) is 36.9 Å². The van der Waals surface area contributed by atoms with Crippen LogP contribution in [0.25, 0.3) is 0 Å². The van der Waals surface area contributed by atoms with Crippen LogP contribution in [0.3, 0.4) is 0 Å². The second-order valence-corrected chi connectivity index (χ2v) is 8.45. The minimum Gasteiger partial charge on any atom is -0.301 e. The molecule has 0 saturated carbocycles. The average Bonchev–Trinajstić information content (AvgIpc) is 2.60. The van der Waals surface area contributed by atoms with Gasteiger partial charge in [-0.1, -0.05) is 31.2 Å². The molecular formula is C17H27N3O2S. The van der Waals surface area contributed by atoms with E-state index in [0.29, 0.717) is 13.1 Å². The number of benzene rings is 1. The molecule has 1 aromatic carbocycles. The van der Waals surface area contributed by atoms with E-state index in [4.69, 9.17) is 0 Å². The molecule has 0 spiro atoms. The van der Waals surface area contributed by atoms with Gasteiger partial charge >= 0.3 is 0 Å². The molecule has 0 aromatic heterocycles. The molecule has 1 fully saturated rings. The average molecular weight is 337 g/mol. The van der Waals surface area contributed by atoms with Crippen LogP contribution in [0.2, 0.25) is 0 Å². The zero-order valence-electron chi connectivity index (χ0n) is 14.1. The molecule has 3 rings (SSSR count). The lowest BCUT2D eigenvalue weighted by Gasteiger charge is -2.39. The molecule has 0 bridgehead atoms. The number of hydrogen-bond donors (Lipinski definition) is 0. The first kappa shape index (κ1) is 16.9. The highest BCUT2D eigenvalue weighted by molar-refractivity contribution is 7.86. The van der Waals surface area contributed by atoms with E-state index in [1.807, 2.05) is 12.1 Å². The first-order chi connectivity index (χ1) is 11.0. The molecular weight excluding hydrogens is 310 g/mol. The molecule has 0 radical (unpaired) electrons. The van der Waals surface area contributed by atoms with Crippen molar-refractivity contribution in [3.05, 3.63) is 35.4 Å². The van der Waals surface area contributed by atoms with Gasteiger partial charge in [0.15, 0.2) is 0 Å². The maximum absolute atomic E-state index is 13.0. The van der Waals surface area contributed by atoms with Crippen LogP contribution >= 0.6 is 0 Å². The van der Waals surface area contributed by atoms with Crippen molar-refractivity contribution in [1.29, 1.82) is 0 Å². The number of rotatable bonds is 4. The summed E-state index contributed by atoms with van der Waals surface area (Å²) in [6.45, 7) is 5.94. The zero-order valence-corrected chi connectivity index (χ0v) is 14.9. The highest BCUT2D eigenvalue weighted by atomic mass is 32.2. The van der Waals surface area contributed by atoms with Gasteiger partial charge in [-0.2, -0.15) is 17.0 Å². The number of aryl methyl sites for hydroxylation is 1. The Labute approximate surface area is 140 Å². The van der Waals surface area contributed by atoms with Crippen molar-refractivity contribution in [2.75, 3.05) is 39.8 Å². The van der Waals surface area contributed by atoms with Gasteiger partial charge in [0.05, 0.1) is 6.04 Å². The first-order valence-corrected chi connectivity index (χ1v) is 9.97. The van der Waals surface area contributed by atoms with Crippen molar-refractivity contribution >= 4 is 10.2 Å². The van der Waals surface area contributed by atoms with Gasteiger partial charge in [-0.25, -0.2) is 0 Å². The van der Waals surface area contributed by atoms with Crippen molar-refractivity contribution in [3.8, 4) is 0 Å². The molecule has 1 atom stereocenters. The van der Waals surface area contributed by atoms with Gasteiger partial charge in [-0.05, 0) is 36.9 Å². The third kappa shape index (κ3) is 3.31. The number of likely N-dealkylation sites (N-methyl/N-ethyl adjacent to an activating group) is 1. The summed E-state index contributed by atoms with van der Waals surface area (Å²) in [6.07, 6.45) is 3.00. The fourth-order valence-electron chi connectivity index (χ4n) is 3.73. The molecule has 0 N–H and O–H groups in total. The summed E-state index contributed by atoms with van der Waals surface area (Å²) in [4.78, 5) is 2.29. The van der Waals surface area contributed by atoms with Crippen molar-refractivity contribution in [2.24, 2.45) is 0 Å². The highest BCUT2D eigenvalue weighted by Crippen LogP contribution is 2.35. The molecule has 0 amide bonds. The molecule has 1 aliphatic heterocycles. The molecule has 1 aliphatic carbocycles. The molecule has 2 aliphatic rings. The SMILES string of the molecule is CCN1CCN(S(=O)(=O)N(C)C2CCCc3ccccc32)CC1. The Morgan fingerprint density at radius 2 is 1.87 bits per heavy atom. The van der Waals surface area contributed by atoms with E-state index in [0.717, 1.165) is 38.9 Å². The fraction of sp³-hybridized carbons (Fsp3) is 0.647. The fourth-order valence-corrected chi connectivity index (χ4v) is 5.25. The quantitative estimate of drug-likeness (QED) is 0.843. The maximum Gasteiger partial charge on any atom is 0.282 e. The second-order valence-electron chi connectivity index (χ2n) is 6.46. The molecule has 6 heteroatoms. The highest BCUT2D eigenvalue weighted by Gasteiger charge is 2.36. The van der Waals surface area contributed by atoms with Crippen LogP contribution in [0, 0.1) is 0 Å². The van der Waals surface area contributed by atoms with Crippen molar-refractivity contribution in [3.63, 3.8) is 0 Å². The van der Waals surface area contributed by atoms with Gasteiger partial charge in [0.1, 0.15) is 0 Å². The molecule has 128 valence electrons. The van der Waals surface area contributed by atoms with Gasteiger partial charge in [0.25, 0.3) is 10.2 Å². The molecule has 1 aromatic rings. The summed E-state index contributed by atoms with van der Waals surface area (Å²) in [7, 11) is -1.65. The van der Waals surface area contributed by atoms with Crippen LogP contribution in [0.5, 0.6) is 0 Å². The van der Waals surface area contributed by atoms with Crippen LogP contribution in [0.4, 0.5) is 0 Å². The summed E-state index contributed by atoms with van der Waals surface area (Å²) in [5, 5.41) is 0. The standard InChI is InChI=1S/C17H27N3O2S/c1-3-19-11-13-20(14-12-19)23(21,22)18(2)17-10-6-8-15-7-4-5-9-16(15)17/h4-5,7,9,17H,3,6,8,10-14H2,1-2H3. The summed E-state index contributed by atoms with van der Waals surface area (Å²) < 4.78 is 29.3. The Kier molecular flexibility index (Phi) is 5.06. The number of hydrogen-bond acceptors (Lipinski definition) is 3. The minimum atomic E-state index is -3.40. The topological polar surface area (TPSA) is 43.9 Å². The van der Waals surface area contributed by atoms with E-state index >= 15 is 0 Å². The van der Waals surface area contributed by atoms with Gasteiger partial charge < -0.3 is 4.90 Å². The van der Waals surface area contributed by atoms with E-state index in [2.05, 4.69) is 24.0 Å². The molecule has 1 unspecified atom stereocenters. The van der Waals surface area contributed by atoms with Gasteiger partial charge in [-0.3, -0.25) is 0 Å². The summed E-state index contributed by atoms with van der Waals surface area (Å²) in [6, 6.07) is 8.23. The third-order valence-electron chi connectivity index (χ3n) is 5.25. The smallest absolute Gasteiger partial charge is 0.282 e. The zero-order chi connectivity index (χ0) is 16.4. The van der Waals surface area contributed by atoms with Gasteiger partial charge in [0.2, 0.25) is 0 Å². The molecule has 5 nitrogen and oxygen atoms in total. The van der Waals surface area contributed by atoms with Crippen molar-refractivity contribution in [2.45, 2.75) is 32.2 Å². The van der Waals surface area contributed by atoms with E-state index in [1.165, 1.54) is 11.1 Å². The van der Waals surface area contributed by atoms with Gasteiger partial charge in [0, 0.05) is 33.2 Å². The van der Waals surface area contributed by atoms with E-state index in [-0.39, 0.29) is 6.04 Å². The number of piperazine rings is 1. The molecule has 1 heterocycles. The largest absolute Gasteiger partial charge is 0.301 e. The Hall–Kier alpha value is -0.950. The van der Waals surface area contributed by atoms with Crippen molar-refractivity contribution < 1.29 is 8.42 Å². The van der Waals surface area contributed by atoms with E-state index < -0.39 is 10.2 Å². The van der Waals surface area contributed by atoms with Crippen LogP contribution < -0.4 is 0 Å². The maximum atomic E-state index is 13.0. The Morgan fingerprint density at radius 1 is 1.17 bits per heavy atom. The van der Waals surface area contributed by atoms with Crippen LogP contribution in [0.15, 0.2) is 24.3 Å². The summed E-state index contributed by atoms with van der Waals surface area (Å²) in [5.41, 5.74) is 2.47. The Balaban J connectivity index is 1.79.